The molecule has 0 atom stereocenters. The fourth-order valence-corrected chi connectivity index (χ4v) is 3.97. The number of carbonyl (C=O) groups excluding carboxylic acids is 2. The van der Waals surface area contributed by atoms with Crippen molar-refractivity contribution in [1.29, 1.82) is 0 Å². The van der Waals surface area contributed by atoms with Crippen molar-refractivity contribution in [3.05, 3.63) is 93.1 Å². The number of rotatable bonds is 5. The number of benzene rings is 3. The van der Waals surface area contributed by atoms with Crippen LogP contribution in [0.15, 0.2) is 66.4 Å². The molecule has 3 aromatic rings. The average Bonchev–Trinajstić information content (AvgIpc) is 3.00. The van der Waals surface area contributed by atoms with Crippen molar-refractivity contribution in [3.63, 3.8) is 0 Å². The molecule has 0 unspecified atom stereocenters. The van der Waals surface area contributed by atoms with Gasteiger partial charge in [-0.25, -0.2) is 4.90 Å². The fraction of sp³-hybridized carbons (Fsp3) is 0.120. The number of nitrogens with zero attached hydrogens (tertiary/aromatic N) is 1. The second-order valence-electron chi connectivity index (χ2n) is 7.42. The molecule has 4 rings (SSSR count). The summed E-state index contributed by atoms with van der Waals surface area (Å²) in [4.78, 5) is 28.2. The van der Waals surface area contributed by atoms with Crippen LogP contribution in [0.2, 0.25) is 10.0 Å². The minimum absolute atomic E-state index is 0.124. The molecule has 162 valence electrons. The van der Waals surface area contributed by atoms with Gasteiger partial charge in [0.15, 0.2) is 0 Å². The molecule has 5 nitrogen and oxygen atoms in total. The Balaban J connectivity index is 1.90. The second kappa shape index (κ2) is 8.69. The molecule has 0 fully saturated rings. The molecule has 1 heterocycles. The lowest BCUT2D eigenvalue weighted by atomic mass is 9.99. The third kappa shape index (κ3) is 3.85. The van der Waals surface area contributed by atoms with E-state index in [0.717, 1.165) is 16.0 Å². The summed E-state index contributed by atoms with van der Waals surface area (Å²) in [5, 5.41) is 3.86. The van der Waals surface area contributed by atoms with Crippen molar-refractivity contribution in [3.8, 4) is 5.75 Å². The van der Waals surface area contributed by atoms with Gasteiger partial charge in [0.1, 0.15) is 11.4 Å². The second-order valence-corrected chi connectivity index (χ2v) is 8.26. The molecule has 3 aromatic carbocycles. The molecule has 1 aliphatic rings. The first kappa shape index (κ1) is 21.9. The monoisotopic (exact) mass is 466 g/mol. The highest BCUT2D eigenvalue weighted by molar-refractivity contribution is 6.48. The van der Waals surface area contributed by atoms with E-state index in [1.807, 2.05) is 32.0 Å². The molecule has 0 aliphatic carbocycles. The van der Waals surface area contributed by atoms with Gasteiger partial charge in [0.2, 0.25) is 0 Å². The van der Waals surface area contributed by atoms with E-state index in [0.29, 0.717) is 32.7 Å². The van der Waals surface area contributed by atoms with Crippen LogP contribution in [0.5, 0.6) is 5.75 Å². The summed E-state index contributed by atoms with van der Waals surface area (Å²) in [6.45, 7) is 3.95. The molecule has 0 bridgehead atoms. The number of halogens is 2. The van der Waals surface area contributed by atoms with Crippen LogP contribution in [-0.2, 0) is 9.59 Å². The third-order valence-electron chi connectivity index (χ3n) is 5.39. The number of imide groups is 1. The number of carbonyl (C=O) groups is 2. The smallest absolute Gasteiger partial charge is 0.282 e. The van der Waals surface area contributed by atoms with Gasteiger partial charge >= 0.3 is 0 Å². The molecule has 32 heavy (non-hydrogen) atoms. The highest BCUT2D eigenvalue weighted by Gasteiger charge is 2.41. The van der Waals surface area contributed by atoms with Crippen LogP contribution in [0.4, 0.5) is 11.4 Å². The Bertz CT molecular complexity index is 1280. The predicted molar refractivity (Wildman–Crippen MR) is 128 cm³/mol. The molecular formula is C25H20Cl2N2O3. The van der Waals surface area contributed by atoms with E-state index in [1.54, 1.807) is 42.5 Å². The average molecular weight is 467 g/mol. The van der Waals surface area contributed by atoms with Crippen molar-refractivity contribution >= 4 is 52.0 Å². The van der Waals surface area contributed by atoms with Crippen molar-refractivity contribution in [2.24, 2.45) is 0 Å². The van der Waals surface area contributed by atoms with Crippen molar-refractivity contribution in [2.45, 2.75) is 13.8 Å². The number of anilines is 2. The van der Waals surface area contributed by atoms with E-state index in [9.17, 15) is 9.59 Å². The van der Waals surface area contributed by atoms with Crippen LogP contribution in [0.3, 0.4) is 0 Å². The summed E-state index contributed by atoms with van der Waals surface area (Å²) in [5.74, 6) is -0.494. The zero-order valence-electron chi connectivity index (χ0n) is 17.7. The topological polar surface area (TPSA) is 58.6 Å². The Morgan fingerprint density at radius 1 is 0.875 bits per heavy atom. The van der Waals surface area contributed by atoms with E-state index in [1.165, 1.54) is 7.11 Å². The van der Waals surface area contributed by atoms with Crippen molar-refractivity contribution < 1.29 is 14.3 Å². The Labute approximate surface area is 196 Å². The lowest BCUT2D eigenvalue weighted by molar-refractivity contribution is -0.120. The number of aryl methyl sites for hydroxylation is 2. The summed E-state index contributed by atoms with van der Waals surface area (Å²) < 4.78 is 5.40. The Morgan fingerprint density at radius 3 is 2.31 bits per heavy atom. The van der Waals surface area contributed by atoms with Gasteiger partial charge in [-0.3, -0.25) is 9.59 Å². The first-order chi connectivity index (χ1) is 15.3. The lowest BCUT2D eigenvalue weighted by Crippen LogP contribution is -2.32. The molecule has 0 saturated heterocycles. The Kier molecular flexibility index (Phi) is 5.96. The van der Waals surface area contributed by atoms with Gasteiger partial charge in [0.05, 0.1) is 29.1 Å². The van der Waals surface area contributed by atoms with Crippen LogP contribution in [0.25, 0.3) is 5.57 Å². The van der Waals surface area contributed by atoms with Crippen LogP contribution in [0.1, 0.15) is 16.7 Å². The molecule has 7 heteroatoms. The predicted octanol–water partition coefficient (Wildman–Crippen LogP) is 6.02. The molecule has 0 aromatic heterocycles. The zero-order chi connectivity index (χ0) is 23.0. The van der Waals surface area contributed by atoms with Crippen LogP contribution in [0, 0.1) is 13.8 Å². The first-order valence-corrected chi connectivity index (χ1v) is 10.6. The van der Waals surface area contributed by atoms with E-state index in [-0.39, 0.29) is 11.3 Å². The van der Waals surface area contributed by atoms with Crippen molar-refractivity contribution in [2.75, 3.05) is 17.3 Å². The molecule has 2 amide bonds. The SMILES string of the molecule is COc1ccc(Cl)cc1NC1=C(c2ccc(C)c(C)c2)C(=O)N(c2ccccc2Cl)C1=O. The van der Waals surface area contributed by atoms with Gasteiger partial charge in [-0.05, 0) is 60.9 Å². The van der Waals surface area contributed by atoms with E-state index in [4.69, 9.17) is 27.9 Å². The number of ether oxygens (including phenoxy) is 1. The van der Waals surface area contributed by atoms with Crippen molar-refractivity contribution in [1.82, 2.24) is 0 Å². The largest absolute Gasteiger partial charge is 0.495 e. The van der Waals surface area contributed by atoms with Gasteiger partial charge in [-0.1, -0.05) is 53.5 Å². The highest BCUT2D eigenvalue weighted by atomic mass is 35.5. The van der Waals surface area contributed by atoms with Gasteiger partial charge in [0.25, 0.3) is 11.8 Å². The normalized spacial score (nSPS) is 13.7. The summed E-state index contributed by atoms with van der Waals surface area (Å²) in [6, 6.07) is 17.4. The molecule has 0 saturated carbocycles. The highest BCUT2D eigenvalue weighted by Crippen LogP contribution is 2.38. The minimum atomic E-state index is -0.515. The summed E-state index contributed by atoms with van der Waals surface area (Å²) in [6.07, 6.45) is 0. The lowest BCUT2D eigenvalue weighted by Gasteiger charge is -2.17. The molecule has 0 spiro atoms. The van der Waals surface area contributed by atoms with Crippen LogP contribution >= 0.6 is 23.2 Å². The number of amides is 2. The Morgan fingerprint density at radius 2 is 1.62 bits per heavy atom. The fourth-order valence-electron chi connectivity index (χ4n) is 3.57. The number of hydrogen-bond donors (Lipinski definition) is 1. The number of nitrogens with one attached hydrogen (secondary N) is 1. The minimum Gasteiger partial charge on any atom is -0.495 e. The molecule has 1 aliphatic heterocycles. The maximum absolute atomic E-state index is 13.6. The summed E-state index contributed by atoms with van der Waals surface area (Å²) >= 11 is 12.5. The van der Waals surface area contributed by atoms with Gasteiger partial charge in [0, 0.05) is 5.02 Å². The number of para-hydroxylation sites is 1. The summed E-state index contributed by atoms with van der Waals surface area (Å²) in [5.41, 5.74) is 3.88. The molecule has 1 N–H and O–H groups in total. The van der Waals surface area contributed by atoms with E-state index >= 15 is 0 Å². The Hall–Kier alpha value is -3.28. The van der Waals surface area contributed by atoms with Crippen LogP contribution < -0.4 is 15.0 Å². The third-order valence-corrected chi connectivity index (χ3v) is 5.95. The molecular weight excluding hydrogens is 447 g/mol. The van der Waals surface area contributed by atoms with Gasteiger partial charge in [-0.2, -0.15) is 0 Å². The maximum atomic E-state index is 13.6. The first-order valence-electron chi connectivity index (χ1n) is 9.87. The molecule has 0 radical (unpaired) electrons. The van der Waals surface area contributed by atoms with Gasteiger partial charge < -0.3 is 10.1 Å². The number of hydrogen-bond acceptors (Lipinski definition) is 4. The summed E-state index contributed by atoms with van der Waals surface area (Å²) in [7, 11) is 1.52. The van der Waals surface area contributed by atoms with E-state index in [2.05, 4.69) is 5.32 Å². The quantitative estimate of drug-likeness (QED) is 0.467. The zero-order valence-corrected chi connectivity index (χ0v) is 19.2. The van der Waals surface area contributed by atoms with E-state index < -0.39 is 11.8 Å². The maximum Gasteiger partial charge on any atom is 0.282 e. The standard InChI is InChI=1S/C25H20Cl2N2O3/c1-14-8-9-16(12-15(14)2)22-23(28-19-13-17(26)10-11-21(19)32-3)25(31)29(24(22)30)20-7-5-4-6-18(20)27/h4-13,28H,1-3H3. The van der Waals surface area contributed by atoms with Gasteiger partial charge in [-0.15, -0.1) is 0 Å². The number of methoxy groups -OCH3 is 1. The van der Waals surface area contributed by atoms with Crippen LogP contribution in [-0.4, -0.2) is 18.9 Å².